The number of carboxylic acid groups (broad SMARTS) is 2. The Hall–Kier alpha value is -5.49. The van der Waals surface area contributed by atoms with Crippen molar-refractivity contribution in [3.8, 4) is 0 Å². The highest BCUT2D eigenvalue weighted by atomic mass is 16.4. The monoisotopic (exact) mass is 613 g/mol. The van der Waals surface area contributed by atoms with E-state index in [0.29, 0.717) is 16.7 Å². The van der Waals surface area contributed by atoms with Gasteiger partial charge in [-0.2, -0.15) is 0 Å². The molecule has 12 heteroatoms. The van der Waals surface area contributed by atoms with Gasteiger partial charge < -0.3 is 36.9 Å². The predicted octanol–water partition coefficient (Wildman–Crippen LogP) is 1.54. The molecular formula is C33H35N5O7. The molecular weight excluding hydrogens is 578 g/mol. The lowest BCUT2D eigenvalue weighted by Gasteiger charge is -2.25. The number of hydrogen-bond acceptors (Lipinski definition) is 6. The van der Waals surface area contributed by atoms with Crippen LogP contribution in [0.25, 0.3) is 10.9 Å². The summed E-state index contributed by atoms with van der Waals surface area (Å²) in [5, 5.41) is 27.6. The highest BCUT2D eigenvalue weighted by Gasteiger charge is 2.31. The van der Waals surface area contributed by atoms with Gasteiger partial charge in [0, 0.05) is 36.4 Å². The van der Waals surface area contributed by atoms with Crippen molar-refractivity contribution in [2.45, 2.75) is 49.9 Å². The van der Waals surface area contributed by atoms with Crippen molar-refractivity contribution in [1.29, 1.82) is 0 Å². The maximum Gasteiger partial charge on any atom is 0.326 e. The van der Waals surface area contributed by atoms with E-state index in [2.05, 4.69) is 20.9 Å². The number of carbonyl (C=O) groups excluding carboxylic acids is 3. The largest absolute Gasteiger partial charge is 0.481 e. The Kier molecular flexibility index (Phi) is 11.0. The van der Waals surface area contributed by atoms with Gasteiger partial charge in [0.05, 0.1) is 12.5 Å². The number of fused-ring (bicyclic) bond motifs is 1. The number of nitrogens with one attached hydrogen (secondary N) is 4. The zero-order valence-electron chi connectivity index (χ0n) is 24.3. The number of amides is 3. The lowest BCUT2D eigenvalue weighted by Crippen LogP contribution is -2.58. The fraction of sp³-hybridized carbons (Fsp3) is 0.242. The molecule has 4 atom stereocenters. The van der Waals surface area contributed by atoms with Crippen LogP contribution < -0.4 is 21.7 Å². The van der Waals surface area contributed by atoms with Crippen molar-refractivity contribution >= 4 is 40.6 Å². The van der Waals surface area contributed by atoms with Gasteiger partial charge in [0.25, 0.3) is 0 Å². The molecule has 4 aromatic rings. The normalized spacial score (nSPS) is 13.6. The molecule has 3 aromatic carbocycles. The minimum absolute atomic E-state index is 0.00713. The van der Waals surface area contributed by atoms with E-state index in [1.165, 1.54) is 0 Å². The van der Waals surface area contributed by atoms with Crippen molar-refractivity contribution in [2.24, 2.45) is 5.73 Å². The van der Waals surface area contributed by atoms with Crippen molar-refractivity contribution in [3.05, 3.63) is 108 Å². The number of carbonyl (C=O) groups is 5. The molecule has 0 radical (unpaired) electrons. The van der Waals surface area contributed by atoms with Gasteiger partial charge in [0.2, 0.25) is 17.7 Å². The van der Waals surface area contributed by atoms with E-state index in [1.807, 2.05) is 24.3 Å². The molecule has 45 heavy (non-hydrogen) atoms. The lowest BCUT2D eigenvalue weighted by atomic mass is 10.0. The van der Waals surface area contributed by atoms with E-state index in [4.69, 9.17) is 10.8 Å². The molecule has 1 heterocycles. The minimum Gasteiger partial charge on any atom is -0.481 e. The Balaban J connectivity index is 1.59. The van der Waals surface area contributed by atoms with Crippen LogP contribution in [0.3, 0.4) is 0 Å². The average Bonchev–Trinajstić information content (AvgIpc) is 3.43. The van der Waals surface area contributed by atoms with E-state index < -0.39 is 60.2 Å². The van der Waals surface area contributed by atoms with Gasteiger partial charge in [-0.3, -0.25) is 19.2 Å². The van der Waals surface area contributed by atoms with Crippen molar-refractivity contribution in [2.75, 3.05) is 0 Å². The van der Waals surface area contributed by atoms with E-state index in [9.17, 15) is 29.1 Å². The summed E-state index contributed by atoms with van der Waals surface area (Å²) >= 11 is 0. The van der Waals surface area contributed by atoms with Crippen LogP contribution in [0, 0.1) is 0 Å². The first-order valence-electron chi connectivity index (χ1n) is 14.3. The fourth-order valence-corrected chi connectivity index (χ4v) is 4.94. The third kappa shape index (κ3) is 9.25. The van der Waals surface area contributed by atoms with Crippen LogP contribution in [0.15, 0.2) is 91.1 Å². The van der Waals surface area contributed by atoms with Crippen molar-refractivity contribution in [3.63, 3.8) is 0 Å². The Labute approximate surface area is 259 Å². The van der Waals surface area contributed by atoms with Crippen LogP contribution in [0.4, 0.5) is 0 Å². The summed E-state index contributed by atoms with van der Waals surface area (Å²) in [5.74, 6) is -4.83. The van der Waals surface area contributed by atoms with E-state index in [1.54, 1.807) is 66.9 Å². The molecule has 0 saturated heterocycles. The molecule has 0 bridgehead atoms. The number of aliphatic carboxylic acids is 2. The smallest absolute Gasteiger partial charge is 0.326 e. The highest BCUT2D eigenvalue weighted by molar-refractivity contribution is 5.95. The van der Waals surface area contributed by atoms with Gasteiger partial charge in [0.15, 0.2) is 0 Å². The molecule has 4 unspecified atom stereocenters. The summed E-state index contributed by atoms with van der Waals surface area (Å²) in [6.07, 6.45) is 1.09. The molecule has 0 aliphatic carbocycles. The van der Waals surface area contributed by atoms with Crippen molar-refractivity contribution < 1.29 is 34.2 Å². The Morgan fingerprint density at radius 1 is 0.644 bits per heavy atom. The van der Waals surface area contributed by atoms with Crippen LogP contribution in [-0.2, 0) is 43.2 Å². The van der Waals surface area contributed by atoms with Crippen LogP contribution in [0.1, 0.15) is 23.1 Å². The van der Waals surface area contributed by atoms with E-state index >= 15 is 0 Å². The summed E-state index contributed by atoms with van der Waals surface area (Å²) in [6.45, 7) is 0. The van der Waals surface area contributed by atoms with Gasteiger partial charge in [-0.05, 0) is 22.8 Å². The number of hydrogen-bond donors (Lipinski definition) is 7. The maximum absolute atomic E-state index is 13.8. The van der Waals surface area contributed by atoms with Crippen molar-refractivity contribution in [1.82, 2.24) is 20.9 Å². The van der Waals surface area contributed by atoms with Crippen LogP contribution in [-0.4, -0.2) is 69.0 Å². The summed E-state index contributed by atoms with van der Waals surface area (Å²) in [5.41, 5.74) is 8.68. The zero-order chi connectivity index (χ0) is 32.3. The summed E-state index contributed by atoms with van der Waals surface area (Å²) in [6, 6.07) is 19.9. The third-order valence-electron chi connectivity index (χ3n) is 7.28. The number of H-pyrrole nitrogens is 1. The number of aromatic amines is 1. The van der Waals surface area contributed by atoms with Gasteiger partial charge in [0.1, 0.15) is 18.1 Å². The average molecular weight is 614 g/mol. The number of rotatable bonds is 15. The predicted molar refractivity (Wildman–Crippen MR) is 166 cm³/mol. The Morgan fingerprint density at radius 2 is 1.13 bits per heavy atom. The molecule has 0 spiro atoms. The second-order valence-electron chi connectivity index (χ2n) is 10.7. The van der Waals surface area contributed by atoms with Gasteiger partial charge >= 0.3 is 11.9 Å². The summed E-state index contributed by atoms with van der Waals surface area (Å²) in [7, 11) is 0. The number of nitrogens with two attached hydrogens (primary N) is 1. The lowest BCUT2D eigenvalue weighted by molar-refractivity contribution is -0.142. The number of benzene rings is 3. The number of carboxylic acids is 2. The molecule has 0 aliphatic heterocycles. The SMILES string of the molecule is NC(CC(=O)O)C(=O)NC(Cc1c[nH]c2ccccc12)C(=O)NC(Cc1ccccc1)C(=O)NC(Cc1ccccc1)C(=O)O. The summed E-state index contributed by atoms with van der Waals surface area (Å²) in [4.78, 5) is 66.6. The van der Waals surface area contributed by atoms with Crippen LogP contribution in [0.5, 0.6) is 0 Å². The van der Waals surface area contributed by atoms with Gasteiger partial charge in [-0.15, -0.1) is 0 Å². The first-order valence-corrected chi connectivity index (χ1v) is 14.3. The van der Waals surface area contributed by atoms with E-state index in [-0.39, 0.29) is 19.3 Å². The summed E-state index contributed by atoms with van der Waals surface area (Å²) < 4.78 is 0. The number of aromatic nitrogens is 1. The molecule has 3 amide bonds. The van der Waals surface area contributed by atoms with Crippen LogP contribution in [0.2, 0.25) is 0 Å². The molecule has 0 aliphatic rings. The molecule has 4 rings (SSSR count). The second kappa shape index (κ2) is 15.3. The Bertz CT molecular complexity index is 1640. The topological polar surface area (TPSA) is 204 Å². The minimum atomic E-state index is -1.42. The third-order valence-corrected chi connectivity index (χ3v) is 7.28. The maximum atomic E-state index is 13.8. The molecule has 12 nitrogen and oxygen atoms in total. The molecule has 8 N–H and O–H groups in total. The Morgan fingerprint density at radius 3 is 1.71 bits per heavy atom. The molecule has 1 aromatic heterocycles. The van der Waals surface area contributed by atoms with Gasteiger partial charge in [-0.25, -0.2) is 4.79 Å². The van der Waals surface area contributed by atoms with E-state index in [0.717, 1.165) is 10.9 Å². The standard InChI is InChI=1S/C33H35N5O7/c34-24(18-29(39)40)30(41)36-27(17-22-19-35-25-14-8-7-13-23(22)25)32(43)37-26(15-20-9-3-1-4-10-20)31(42)38-28(33(44)45)16-21-11-5-2-6-12-21/h1-14,19,24,26-28,35H,15-18,34H2,(H,36,41)(H,37,43)(H,38,42)(H,39,40)(H,44,45). The highest BCUT2D eigenvalue weighted by Crippen LogP contribution is 2.19. The number of para-hydroxylation sites is 1. The second-order valence-corrected chi connectivity index (χ2v) is 10.7. The molecule has 234 valence electrons. The van der Waals surface area contributed by atoms with Gasteiger partial charge in [-0.1, -0.05) is 78.9 Å². The first-order chi connectivity index (χ1) is 21.6. The molecule has 0 saturated carbocycles. The quantitative estimate of drug-likeness (QED) is 0.105. The zero-order valence-corrected chi connectivity index (χ0v) is 24.3. The molecule has 0 fully saturated rings. The van der Waals surface area contributed by atoms with Crippen LogP contribution >= 0.6 is 0 Å². The first kappa shape index (κ1) is 32.4. The fourth-order valence-electron chi connectivity index (χ4n) is 4.94.